The number of nitrogens with one attached hydrogen (secondary N) is 2. The minimum Gasteiger partial charge on any atom is -0.459 e. The molecule has 5 heteroatoms. The summed E-state index contributed by atoms with van der Waals surface area (Å²) in [5.74, 6) is -0.123. The molecule has 1 aromatic heterocycles. The topological polar surface area (TPSA) is 71.3 Å². The van der Waals surface area contributed by atoms with Crippen LogP contribution in [0.15, 0.2) is 10.7 Å². The van der Waals surface area contributed by atoms with Crippen molar-refractivity contribution in [2.75, 3.05) is 7.05 Å². The summed E-state index contributed by atoms with van der Waals surface area (Å²) < 4.78 is 5.11. The van der Waals surface area contributed by atoms with E-state index in [9.17, 15) is 9.59 Å². The first-order valence-electron chi connectivity index (χ1n) is 4.30. The average Bonchev–Trinajstić information content (AvgIpc) is 2.59. The molecule has 0 unspecified atom stereocenters. The molecule has 0 saturated carbocycles. The van der Waals surface area contributed by atoms with E-state index in [0.29, 0.717) is 12.1 Å². The lowest BCUT2D eigenvalue weighted by atomic mass is 10.0. The van der Waals surface area contributed by atoms with Crippen LogP contribution in [0, 0.1) is 0 Å². The molecule has 2 rings (SSSR count). The maximum atomic E-state index is 11.3. The number of hydrogen-bond acceptors (Lipinski definition) is 3. The lowest BCUT2D eigenvalue weighted by Gasteiger charge is -2.11. The number of rotatable bonds is 1. The molecule has 0 aromatic carbocycles. The first-order chi connectivity index (χ1) is 6.72. The van der Waals surface area contributed by atoms with Gasteiger partial charge < -0.3 is 15.1 Å². The smallest absolute Gasteiger partial charge is 0.287 e. The third-order valence-corrected chi connectivity index (χ3v) is 2.23. The van der Waals surface area contributed by atoms with Gasteiger partial charge in [0.25, 0.3) is 5.91 Å². The quantitative estimate of drug-likeness (QED) is 0.651. The first kappa shape index (κ1) is 8.80. The van der Waals surface area contributed by atoms with E-state index in [0.717, 1.165) is 5.56 Å². The molecule has 0 fully saturated rings. The minimum atomic E-state index is -0.291. The van der Waals surface area contributed by atoms with Crippen LogP contribution < -0.4 is 10.6 Å². The predicted octanol–water partition coefficient (Wildman–Crippen LogP) is -0.189. The number of fused-ring (bicyclic) bond motifs is 1. The summed E-state index contributed by atoms with van der Waals surface area (Å²) in [5.41, 5.74) is 1.58. The van der Waals surface area contributed by atoms with Gasteiger partial charge in [-0.2, -0.15) is 0 Å². The highest BCUT2D eigenvalue weighted by molar-refractivity contribution is 5.95. The van der Waals surface area contributed by atoms with Crippen molar-refractivity contribution in [2.45, 2.75) is 13.0 Å². The summed E-state index contributed by atoms with van der Waals surface area (Å²) in [4.78, 5) is 22.4. The second kappa shape index (κ2) is 3.17. The molecule has 2 heterocycles. The number of amides is 2. The lowest BCUT2D eigenvalue weighted by Crippen LogP contribution is -2.31. The van der Waals surface area contributed by atoms with Crippen LogP contribution in [0.2, 0.25) is 0 Å². The van der Waals surface area contributed by atoms with E-state index in [1.165, 1.54) is 13.3 Å². The Labute approximate surface area is 80.5 Å². The van der Waals surface area contributed by atoms with E-state index in [1.807, 2.05) is 0 Å². The molecule has 0 radical (unpaired) electrons. The van der Waals surface area contributed by atoms with Gasteiger partial charge in [0.2, 0.25) is 5.91 Å². The molecular formula is C9H10N2O3. The van der Waals surface area contributed by atoms with Crippen molar-refractivity contribution in [3.05, 3.63) is 23.2 Å². The third-order valence-electron chi connectivity index (χ3n) is 2.23. The van der Waals surface area contributed by atoms with Crippen molar-refractivity contribution in [1.29, 1.82) is 0 Å². The SMILES string of the molecule is CNC(=O)c1occ2c1CC(=O)NC2. The number of furan rings is 1. The number of hydrogen-bond donors (Lipinski definition) is 2. The Morgan fingerprint density at radius 3 is 3.14 bits per heavy atom. The highest BCUT2D eigenvalue weighted by Gasteiger charge is 2.24. The van der Waals surface area contributed by atoms with Gasteiger partial charge >= 0.3 is 0 Å². The molecule has 0 aliphatic carbocycles. The van der Waals surface area contributed by atoms with Crippen LogP contribution in [-0.4, -0.2) is 18.9 Å². The molecule has 0 bridgehead atoms. The van der Waals surface area contributed by atoms with Gasteiger partial charge in [0.15, 0.2) is 5.76 Å². The molecule has 0 atom stereocenters. The van der Waals surface area contributed by atoms with Crippen LogP contribution in [0.25, 0.3) is 0 Å². The summed E-state index contributed by atoms with van der Waals surface area (Å²) in [6, 6.07) is 0. The summed E-state index contributed by atoms with van der Waals surface area (Å²) in [7, 11) is 1.53. The molecule has 2 amide bonds. The minimum absolute atomic E-state index is 0.0796. The van der Waals surface area contributed by atoms with Crippen molar-refractivity contribution in [3.63, 3.8) is 0 Å². The lowest BCUT2D eigenvalue weighted by molar-refractivity contribution is -0.121. The first-order valence-corrected chi connectivity index (χ1v) is 4.30. The van der Waals surface area contributed by atoms with E-state index in [-0.39, 0.29) is 24.0 Å². The zero-order valence-corrected chi connectivity index (χ0v) is 7.72. The van der Waals surface area contributed by atoms with Crippen molar-refractivity contribution in [1.82, 2.24) is 10.6 Å². The monoisotopic (exact) mass is 194 g/mol. The molecule has 14 heavy (non-hydrogen) atoms. The zero-order valence-electron chi connectivity index (χ0n) is 7.72. The number of carbonyl (C=O) groups excluding carboxylic acids is 2. The Morgan fingerprint density at radius 1 is 1.64 bits per heavy atom. The van der Waals surface area contributed by atoms with Crippen LogP contribution >= 0.6 is 0 Å². The van der Waals surface area contributed by atoms with Crippen molar-refractivity contribution < 1.29 is 14.0 Å². The van der Waals surface area contributed by atoms with E-state index in [1.54, 1.807) is 0 Å². The van der Waals surface area contributed by atoms with Crippen molar-refractivity contribution in [2.24, 2.45) is 0 Å². The van der Waals surface area contributed by atoms with E-state index < -0.39 is 0 Å². The molecule has 0 spiro atoms. The fourth-order valence-corrected chi connectivity index (χ4v) is 1.48. The van der Waals surface area contributed by atoms with Crippen LogP contribution in [0.3, 0.4) is 0 Å². The Bertz CT molecular complexity index is 395. The largest absolute Gasteiger partial charge is 0.459 e. The highest BCUT2D eigenvalue weighted by atomic mass is 16.3. The Morgan fingerprint density at radius 2 is 2.43 bits per heavy atom. The molecule has 1 aliphatic heterocycles. The van der Waals surface area contributed by atoms with E-state index >= 15 is 0 Å². The summed E-state index contributed by atoms with van der Waals surface area (Å²) in [5, 5.41) is 5.15. The van der Waals surface area contributed by atoms with Gasteiger partial charge in [-0.15, -0.1) is 0 Å². The van der Waals surface area contributed by atoms with Gasteiger partial charge in [0.1, 0.15) is 0 Å². The Hall–Kier alpha value is -1.78. The molecule has 1 aromatic rings. The zero-order chi connectivity index (χ0) is 10.1. The molecule has 74 valence electrons. The second-order valence-electron chi connectivity index (χ2n) is 3.10. The highest BCUT2D eigenvalue weighted by Crippen LogP contribution is 2.20. The van der Waals surface area contributed by atoms with Crippen molar-refractivity contribution >= 4 is 11.8 Å². The van der Waals surface area contributed by atoms with E-state index in [4.69, 9.17) is 4.42 Å². The summed E-state index contributed by atoms with van der Waals surface area (Å²) in [6.07, 6.45) is 1.73. The van der Waals surface area contributed by atoms with Gasteiger partial charge in [-0.3, -0.25) is 9.59 Å². The van der Waals surface area contributed by atoms with Gasteiger partial charge in [0.05, 0.1) is 12.7 Å². The fourth-order valence-electron chi connectivity index (χ4n) is 1.48. The Balaban J connectivity index is 2.40. The summed E-state index contributed by atoms with van der Waals surface area (Å²) in [6.45, 7) is 0.439. The van der Waals surface area contributed by atoms with Crippen LogP contribution in [0.1, 0.15) is 21.7 Å². The predicted molar refractivity (Wildman–Crippen MR) is 47.6 cm³/mol. The van der Waals surface area contributed by atoms with E-state index in [2.05, 4.69) is 10.6 Å². The number of carbonyl (C=O) groups is 2. The summed E-state index contributed by atoms with van der Waals surface area (Å²) >= 11 is 0. The van der Waals surface area contributed by atoms with Gasteiger partial charge in [-0.25, -0.2) is 0 Å². The third kappa shape index (κ3) is 1.26. The maximum absolute atomic E-state index is 11.3. The Kier molecular flexibility index (Phi) is 1.99. The normalized spacial score (nSPS) is 14.5. The standard InChI is InChI=1S/C9H10N2O3/c1-10-9(13)8-6-2-7(12)11-3-5(6)4-14-8/h4H,2-3H2,1H3,(H,10,13)(H,11,12). The van der Waals surface area contributed by atoms with Crippen LogP contribution in [0.5, 0.6) is 0 Å². The van der Waals surface area contributed by atoms with Gasteiger partial charge in [-0.05, 0) is 0 Å². The van der Waals surface area contributed by atoms with Gasteiger partial charge in [0, 0.05) is 24.7 Å². The van der Waals surface area contributed by atoms with Crippen molar-refractivity contribution in [3.8, 4) is 0 Å². The molecule has 0 saturated heterocycles. The average molecular weight is 194 g/mol. The second-order valence-corrected chi connectivity index (χ2v) is 3.10. The fraction of sp³-hybridized carbons (Fsp3) is 0.333. The maximum Gasteiger partial charge on any atom is 0.287 e. The molecular weight excluding hydrogens is 184 g/mol. The molecule has 1 aliphatic rings. The van der Waals surface area contributed by atoms with Crippen LogP contribution in [0.4, 0.5) is 0 Å². The van der Waals surface area contributed by atoms with Crippen LogP contribution in [-0.2, 0) is 17.8 Å². The van der Waals surface area contributed by atoms with Gasteiger partial charge in [-0.1, -0.05) is 0 Å². The molecule has 2 N–H and O–H groups in total. The molecule has 5 nitrogen and oxygen atoms in total.